The summed E-state index contributed by atoms with van der Waals surface area (Å²) in [7, 11) is 1.73. The van der Waals surface area contributed by atoms with Gasteiger partial charge in [0.2, 0.25) is 0 Å². The Hall–Kier alpha value is -2.92. The summed E-state index contributed by atoms with van der Waals surface area (Å²) in [6.45, 7) is 3.40. The van der Waals surface area contributed by atoms with Crippen LogP contribution in [0.25, 0.3) is 11.4 Å². The largest absolute Gasteiger partial charge is 0.385 e. The average Bonchev–Trinajstić information content (AvgIpc) is 2.77. The lowest BCUT2D eigenvalue weighted by atomic mass is 10.00. The summed E-state index contributed by atoms with van der Waals surface area (Å²) in [6.07, 6.45) is 1.98. The summed E-state index contributed by atoms with van der Waals surface area (Å²) in [5.41, 5.74) is 3.85. The molecule has 0 saturated heterocycles. The molecule has 0 atom stereocenters. The molecule has 2 aromatic carbocycles. The Morgan fingerprint density at radius 1 is 1.00 bits per heavy atom. The van der Waals surface area contributed by atoms with Crippen LogP contribution in [0.15, 0.2) is 60.7 Å². The summed E-state index contributed by atoms with van der Waals surface area (Å²) < 4.78 is 5.14. The Balaban J connectivity index is 1.62. The zero-order valence-corrected chi connectivity index (χ0v) is 16.3. The van der Waals surface area contributed by atoms with Crippen molar-refractivity contribution in [3.8, 4) is 11.4 Å². The van der Waals surface area contributed by atoms with Crippen molar-refractivity contribution in [2.75, 3.05) is 37.0 Å². The first kappa shape index (κ1) is 18.4. The molecular weight excluding hydrogens is 348 g/mol. The summed E-state index contributed by atoms with van der Waals surface area (Å²) in [6, 6.07) is 20.9. The van der Waals surface area contributed by atoms with Crippen molar-refractivity contribution in [3.63, 3.8) is 0 Å². The third-order valence-electron chi connectivity index (χ3n) is 5.03. The van der Waals surface area contributed by atoms with Crippen LogP contribution in [0.3, 0.4) is 0 Å². The van der Waals surface area contributed by atoms with Crippen LogP contribution in [0, 0.1) is 0 Å². The van der Waals surface area contributed by atoms with Crippen LogP contribution >= 0.6 is 0 Å². The third kappa shape index (κ3) is 4.31. The van der Waals surface area contributed by atoms with E-state index >= 15 is 0 Å². The van der Waals surface area contributed by atoms with Gasteiger partial charge in [0.05, 0.1) is 0 Å². The van der Waals surface area contributed by atoms with Gasteiger partial charge in [-0.15, -0.1) is 0 Å². The lowest BCUT2D eigenvalue weighted by molar-refractivity contribution is 0.198. The fourth-order valence-electron chi connectivity index (χ4n) is 3.53. The van der Waals surface area contributed by atoms with E-state index < -0.39 is 0 Å². The van der Waals surface area contributed by atoms with Crippen molar-refractivity contribution < 1.29 is 4.74 Å². The van der Waals surface area contributed by atoms with Crippen LogP contribution in [0.1, 0.15) is 17.5 Å². The van der Waals surface area contributed by atoms with Crippen molar-refractivity contribution in [2.45, 2.75) is 19.4 Å². The first-order valence-electron chi connectivity index (χ1n) is 9.82. The standard InChI is InChI=1S/C23H26N4O/c1-28-15-7-13-24-21-16-22(26-23(25-21)19-9-3-2-4-10-19)27-14-12-18-8-5-6-11-20(18)17-27/h2-6,8-11,16H,7,12-15,17H2,1H3,(H,24,25,26). The third-order valence-corrected chi connectivity index (χ3v) is 5.03. The number of ether oxygens (including phenoxy) is 1. The second-order valence-corrected chi connectivity index (χ2v) is 7.01. The van der Waals surface area contributed by atoms with E-state index in [1.165, 1.54) is 11.1 Å². The maximum atomic E-state index is 5.14. The molecule has 0 spiro atoms. The topological polar surface area (TPSA) is 50.3 Å². The van der Waals surface area contributed by atoms with Gasteiger partial charge in [0, 0.05) is 45.0 Å². The van der Waals surface area contributed by atoms with E-state index in [2.05, 4.69) is 52.7 Å². The van der Waals surface area contributed by atoms with Crippen LogP contribution in [0.2, 0.25) is 0 Å². The van der Waals surface area contributed by atoms with E-state index in [-0.39, 0.29) is 0 Å². The Morgan fingerprint density at radius 2 is 1.79 bits per heavy atom. The molecule has 0 amide bonds. The van der Waals surface area contributed by atoms with Gasteiger partial charge < -0.3 is 15.0 Å². The molecule has 0 fully saturated rings. The van der Waals surface area contributed by atoms with Crippen molar-refractivity contribution in [2.24, 2.45) is 0 Å². The molecule has 4 rings (SSSR count). The number of hydrogen-bond donors (Lipinski definition) is 1. The van der Waals surface area contributed by atoms with Gasteiger partial charge in [-0.1, -0.05) is 54.6 Å². The van der Waals surface area contributed by atoms with E-state index in [4.69, 9.17) is 14.7 Å². The monoisotopic (exact) mass is 374 g/mol. The highest BCUT2D eigenvalue weighted by atomic mass is 16.5. The SMILES string of the molecule is COCCCNc1cc(N2CCc3ccccc3C2)nc(-c2ccccc2)n1. The first-order chi connectivity index (χ1) is 13.8. The van der Waals surface area contributed by atoms with E-state index in [9.17, 15) is 0 Å². The second kappa shape index (κ2) is 8.85. The number of nitrogens with one attached hydrogen (secondary N) is 1. The number of hydrogen-bond acceptors (Lipinski definition) is 5. The average molecular weight is 374 g/mol. The second-order valence-electron chi connectivity index (χ2n) is 7.01. The minimum Gasteiger partial charge on any atom is -0.385 e. The highest BCUT2D eigenvalue weighted by Gasteiger charge is 2.19. The zero-order chi connectivity index (χ0) is 19.2. The summed E-state index contributed by atoms with van der Waals surface area (Å²) in [5.74, 6) is 2.59. The van der Waals surface area contributed by atoms with Crippen molar-refractivity contribution in [1.29, 1.82) is 0 Å². The lowest BCUT2D eigenvalue weighted by Crippen LogP contribution is -2.31. The normalized spacial score (nSPS) is 13.2. The minimum absolute atomic E-state index is 0.736. The lowest BCUT2D eigenvalue weighted by Gasteiger charge is -2.30. The molecule has 0 radical (unpaired) electrons. The van der Waals surface area contributed by atoms with Gasteiger partial charge in [-0.2, -0.15) is 0 Å². The summed E-state index contributed by atoms with van der Waals surface area (Å²) >= 11 is 0. The van der Waals surface area contributed by atoms with Gasteiger partial charge in [-0.3, -0.25) is 0 Å². The van der Waals surface area contributed by atoms with Crippen LogP contribution in [0.4, 0.5) is 11.6 Å². The van der Waals surface area contributed by atoms with Crippen LogP contribution in [-0.2, 0) is 17.7 Å². The predicted octanol–water partition coefficient (Wildman–Crippen LogP) is 4.15. The number of benzene rings is 2. The number of anilines is 2. The smallest absolute Gasteiger partial charge is 0.163 e. The van der Waals surface area contributed by atoms with E-state index in [0.29, 0.717) is 0 Å². The molecule has 1 N–H and O–H groups in total. The molecule has 0 saturated carbocycles. The fraction of sp³-hybridized carbons (Fsp3) is 0.304. The van der Waals surface area contributed by atoms with Gasteiger partial charge in [0.1, 0.15) is 11.6 Å². The minimum atomic E-state index is 0.736. The predicted molar refractivity (Wildman–Crippen MR) is 114 cm³/mol. The molecule has 0 unspecified atom stereocenters. The van der Waals surface area contributed by atoms with Gasteiger partial charge in [-0.05, 0) is 24.0 Å². The Labute approximate surface area is 166 Å². The van der Waals surface area contributed by atoms with Crippen LogP contribution < -0.4 is 10.2 Å². The molecule has 5 heteroatoms. The quantitative estimate of drug-likeness (QED) is 0.630. The van der Waals surface area contributed by atoms with Gasteiger partial charge in [0.25, 0.3) is 0 Å². The maximum Gasteiger partial charge on any atom is 0.163 e. The van der Waals surface area contributed by atoms with Crippen molar-refractivity contribution >= 4 is 11.6 Å². The van der Waals surface area contributed by atoms with Crippen molar-refractivity contribution in [1.82, 2.24) is 9.97 Å². The number of fused-ring (bicyclic) bond motifs is 1. The van der Waals surface area contributed by atoms with E-state index in [1.807, 2.05) is 18.2 Å². The number of nitrogens with zero attached hydrogens (tertiary/aromatic N) is 3. The molecule has 2 heterocycles. The molecule has 1 aliphatic rings. The van der Waals surface area contributed by atoms with Gasteiger partial charge >= 0.3 is 0 Å². The molecule has 0 bridgehead atoms. The molecular formula is C23H26N4O. The Kier molecular flexibility index (Phi) is 5.83. The van der Waals surface area contributed by atoms with Crippen LogP contribution in [-0.4, -0.2) is 36.8 Å². The molecule has 5 nitrogen and oxygen atoms in total. The van der Waals surface area contributed by atoms with Gasteiger partial charge in [0.15, 0.2) is 5.82 Å². The van der Waals surface area contributed by atoms with Crippen molar-refractivity contribution in [3.05, 3.63) is 71.8 Å². The molecule has 28 heavy (non-hydrogen) atoms. The van der Waals surface area contributed by atoms with E-state index in [1.54, 1.807) is 7.11 Å². The maximum absolute atomic E-state index is 5.14. The zero-order valence-electron chi connectivity index (χ0n) is 16.3. The highest BCUT2D eigenvalue weighted by Crippen LogP contribution is 2.27. The first-order valence-corrected chi connectivity index (χ1v) is 9.82. The van der Waals surface area contributed by atoms with Crippen LogP contribution in [0.5, 0.6) is 0 Å². The fourth-order valence-corrected chi connectivity index (χ4v) is 3.53. The van der Waals surface area contributed by atoms with E-state index in [0.717, 1.165) is 62.1 Å². The number of aromatic nitrogens is 2. The summed E-state index contributed by atoms with van der Waals surface area (Å²) in [5, 5.41) is 3.43. The molecule has 144 valence electrons. The molecule has 1 aromatic heterocycles. The Bertz CT molecular complexity index is 913. The number of rotatable bonds is 7. The number of methoxy groups -OCH3 is 1. The van der Waals surface area contributed by atoms with Gasteiger partial charge in [-0.25, -0.2) is 9.97 Å². The Morgan fingerprint density at radius 3 is 2.61 bits per heavy atom. The molecule has 1 aliphatic heterocycles. The molecule has 3 aromatic rings. The molecule has 0 aliphatic carbocycles. The highest BCUT2D eigenvalue weighted by molar-refractivity contribution is 5.62. The summed E-state index contributed by atoms with van der Waals surface area (Å²) in [4.78, 5) is 12.0.